The van der Waals surface area contributed by atoms with Crippen molar-refractivity contribution < 1.29 is 0 Å². The monoisotopic (exact) mass is 255 g/mol. The lowest BCUT2D eigenvalue weighted by molar-refractivity contribution is 0.194. The molecule has 1 aromatic heterocycles. The van der Waals surface area contributed by atoms with Gasteiger partial charge in [0.2, 0.25) is 0 Å². The van der Waals surface area contributed by atoms with Gasteiger partial charge in [0.25, 0.3) is 0 Å². The van der Waals surface area contributed by atoms with Crippen molar-refractivity contribution in [3.63, 3.8) is 0 Å². The maximum Gasteiger partial charge on any atom is 0.0352 e. The Bertz CT molecular complexity index is 304. The Morgan fingerprint density at radius 1 is 1.36 bits per heavy atom. The summed E-state index contributed by atoms with van der Waals surface area (Å²) < 4.78 is 3.56. The van der Waals surface area contributed by atoms with Gasteiger partial charge in [-0.25, -0.2) is 0 Å². The van der Waals surface area contributed by atoms with Crippen LogP contribution in [0.4, 0.5) is 0 Å². The molecule has 1 aliphatic rings. The maximum absolute atomic E-state index is 3.50. The predicted molar refractivity (Wildman–Crippen MR) is 63.4 cm³/mol. The molecular weight excluding hydrogens is 238 g/mol. The molecule has 78 valence electrons. The van der Waals surface area contributed by atoms with Crippen LogP contribution < -0.4 is 0 Å². The highest BCUT2D eigenvalue weighted by atomic mass is 79.9. The minimum Gasteiger partial charge on any atom is -0.350 e. The molecule has 1 heterocycles. The lowest BCUT2D eigenvalue weighted by atomic mass is 9.75. The standard InChI is InChI=1S/C12H18BrN/c1-12(2)6-3-11(4-7-12)14-8-5-10(13)9-14/h5,8-9,11H,3-4,6-7H2,1-2H3. The van der Waals surface area contributed by atoms with Crippen molar-refractivity contribution in [3.8, 4) is 0 Å². The number of nitrogens with zero attached hydrogens (tertiary/aromatic N) is 1. The largest absolute Gasteiger partial charge is 0.350 e. The topological polar surface area (TPSA) is 4.93 Å². The van der Waals surface area contributed by atoms with Gasteiger partial charge in [0.15, 0.2) is 0 Å². The number of rotatable bonds is 1. The number of hydrogen-bond acceptors (Lipinski definition) is 0. The van der Waals surface area contributed by atoms with Gasteiger partial charge in [-0.2, -0.15) is 0 Å². The van der Waals surface area contributed by atoms with E-state index in [1.165, 1.54) is 30.2 Å². The van der Waals surface area contributed by atoms with Gasteiger partial charge in [0.05, 0.1) is 0 Å². The van der Waals surface area contributed by atoms with E-state index in [-0.39, 0.29) is 0 Å². The number of aromatic nitrogens is 1. The van der Waals surface area contributed by atoms with Crippen LogP contribution in [-0.4, -0.2) is 4.57 Å². The molecule has 0 radical (unpaired) electrons. The molecule has 0 N–H and O–H groups in total. The molecule has 0 amide bonds. The molecule has 1 fully saturated rings. The van der Waals surface area contributed by atoms with Crippen molar-refractivity contribution in [1.82, 2.24) is 4.57 Å². The van der Waals surface area contributed by atoms with E-state index in [2.05, 4.69) is 52.8 Å². The second kappa shape index (κ2) is 3.73. The molecule has 0 aromatic carbocycles. The van der Waals surface area contributed by atoms with E-state index in [0.29, 0.717) is 5.41 Å². The zero-order chi connectivity index (χ0) is 10.2. The van der Waals surface area contributed by atoms with Crippen LogP contribution in [-0.2, 0) is 0 Å². The summed E-state index contributed by atoms with van der Waals surface area (Å²) in [5.41, 5.74) is 0.570. The van der Waals surface area contributed by atoms with E-state index in [4.69, 9.17) is 0 Å². The third kappa shape index (κ3) is 2.22. The van der Waals surface area contributed by atoms with Gasteiger partial charge in [0, 0.05) is 22.9 Å². The average molecular weight is 256 g/mol. The molecule has 0 saturated heterocycles. The molecule has 1 aliphatic carbocycles. The van der Waals surface area contributed by atoms with E-state index in [1.54, 1.807) is 0 Å². The van der Waals surface area contributed by atoms with Gasteiger partial charge in [0.1, 0.15) is 0 Å². The van der Waals surface area contributed by atoms with Crippen LogP contribution in [0.25, 0.3) is 0 Å². The molecule has 0 aliphatic heterocycles. The van der Waals surface area contributed by atoms with Crippen LogP contribution in [0.1, 0.15) is 45.6 Å². The Morgan fingerprint density at radius 2 is 2.00 bits per heavy atom. The van der Waals surface area contributed by atoms with E-state index in [9.17, 15) is 0 Å². The summed E-state index contributed by atoms with van der Waals surface area (Å²) in [6.07, 6.45) is 9.75. The van der Waals surface area contributed by atoms with E-state index in [0.717, 1.165) is 6.04 Å². The first-order valence-electron chi connectivity index (χ1n) is 5.40. The van der Waals surface area contributed by atoms with E-state index >= 15 is 0 Å². The van der Waals surface area contributed by atoms with Gasteiger partial charge < -0.3 is 4.57 Å². The quantitative estimate of drug-likeness (QED) is 0.702. The fourth-order valence-corrected chi connectivity index (χ4v) is 2.65. The fraction of sp³-hybridized carbons (Fsp3) is 0.667. The first kappa shape index (κ1) is 10.3. The Balaban J connectivity index is 2.02. The predicted octanol–water partition coefficient (Wildman–Crippen LogP) is 4.39. The Kier molecular flexibility index (Phi) is 2.74. The van der Waals surface area contributed by atoms with Crippen LogP contribution in [0.5, 0.6) is 0 Å². The van der Waals surface area contributed by atoms with Gasteiger partial charge in [-0.05, 0) is 53.1 Å². The highest BCUT2D eigenvalue weighted by Crippen LogP contribution is 2.40. The van der Waals surface area contributed by atoms with E-state index in [1.807, 2.05) is 0 Å². The highest BCUT2D eigenvalue weighted by molar-refractivity contribution is 9.10. The summed E-state index contributed by atoms with van der Waals surface area (Å²) in [7, 11) is 0. The summed E-state index contributed by atoms with van der Waals surface area (Å²) in [4.78, 5) is 0. The molecule has 0 atom stereocenters. The normalized spacial score (nSPS) is 22.5. The van der Waals surface area contributed by atoms with Crippen LogP contribution in [0.3, 0.4) is 0 Å². The second-order valence-electron chi connectivity index (χ2n) is 5.17. The van der Waals surface area contributed by atoms with Crippen molar-refractivity contribution in [3.05, 3.63) is 22.9 Å². The smallest absolute Gasteiger partial charge is 0.0352 e. The Morgan fingerprint density at radius 3 is 2.50 bits per heavy atom. The van der Waals surface area contributed by atoms with Gasteiger partial charge in [-0.15, -0.1) is 0 Å². The van der Waals surface area contributed by atoms with Crippen molar-refractivity contribution in [1.29, 1.82) is 0 Å². The first-order chi connectivity index (χ1) is 6.57. The van der Waals surface area contributed by atoms with Gasteiger partial charge in [-0.1, -0.05) is 13.8 Å². The van der Waals surface area contributed by atoms with Gasteiger partial charge >= 0.3 is 0 Å². The van der Waals surface area contributed by atoms with Crippen molar-refractivity contribution >= 4 is 15.9 Å². The van der Waals surface area contributed by atoms with Crippen LogP contribution in [0.2, 0.25) is 0 Å². The Hall–Kier alpha value is -0.240. The highest BCUT2D eigenvalue weighted by Gasteiger charge is 2.27. The van der Waals surface area contributed by atoms with Crippen molar-refractivity contribution in [2.75, 3.05) is 0 Å². The SMILES string of the molecule is CC1(C)CCC(n2ccc(Br)c2)CC1. The maximum atomic E-state index is 3.50. The molecular formula is C12H18BrN. The molecule has 14 heavy (non-hydrogen) atoms. The first-order valence-corrected chi connectivity index (χ1v) is 6.19. The molecule has 2 heteroatoms. The van der Waals surface area contributed by atoms with Crippen LogP contribution >= 0.6 is 15.9 Å². The minimum absolute atomic E-state index is 0.570. The third-order valence-corrected chi connectivity index (χ3v) is 3.88. The summed E-state index contributed by atoms with van der Waals surface area (Å²) >= 11 is 3.50. The molecule has 1 aromatic rings. The van der Waals surface area contributed by atoms with E-state index < -0.39 is 0 Å². The van der Waals surface area contributed by atoms with Crippen LogP contribution in [0.15, 0.2) is 22.9 Å². The fourth-order valence-electron chi connectivity index (χ4n) is 2.30. The molecule has 1 nitrogen and oxygen atoms in total. The lowest BCUT2D eigenvalue weighted by Crippen LogP contribution is -2.22. The zero-order valence-corrected chi connectivity index (χ0v) is 10.5. The summed E-state index contributed by atoms with van der Waals surface area (Å²) in [5, 5.41) is 0. The molecule has 0 bridgehead atoms. The summed E-state index contributed by atoms with van der Waals surface area (Å²) in [5.74, 6) is 0. The third-order valence-electron chi connectivity index (χ3n) is 3.41. The van der Waals surface area contributed by atoms with Crippen molar-refractivity contribution in [2.45, 2.75) is 45.6 Å². The molecule has 2 rings (SSSR count). The Labute approximate surface area is 94.6 Å². The summed E-state index contributed by atoms with van der Waals surface area (Å²) in [6, 6.07) is 2.86. The number of hydrogen-bond donors (Lipinski definition) is 0. The zero-order valence-electron chi connectivity index (χ0n) is 8.96. The molecule has 0 unspecified atom stereocenters. The summed E-state index contributed by atoms with van der Waals surface area (Å²) in [6.45, 7) is 4.77. The van der Waals surface area contributed by atoms with Gasteiger partial charge in [-0.3, -0.25) is 0 Å². The lowest BCUT2D eigenvalue weighted by Gasteiger charge is -2.34. The minimum atomic E-state index is 0.570. The molecule has 0 spiro atoms. The number of halogens is 1. The van der Waals surface area contributed by atoms with Crippen molar-refractivity contribution in [2.24, 2.45) is 5.41 Å². The second-order valence-corrected chi connectivity index (χ2v) is 6.09. The van der Waals surface area contributed by atoms with Crippen LogP contribution in [0, 0.1) is 5.41 Å². The average Bonchev–Trinajstić information content (AvgIpc) is 2.52. The molecule has 1 saturated carbocycles.